The summed E-state index contributed by atoms with van der Waals surface area (Å²) in [5.41, 5.74) is 5.60. The number of hydrogen-bond acceptors (Lipinski definition) is 3. The predicted octanol–water partition coefficient (Wildman–Crippen LogP) is 2.28. The molecule has 0 radical (unpaired) electrons. The molecule has 4 heteroatoms. The summed E-state index contributed by atoms with van der Waals surface area (Å²) in [5.74, 6) is 0.274. The minimum Gasteiger partial charge on any atom is -0.386 e. The van der Waals surface area contributed by atoms with Gasteiger partial charge in [0.2, 0.25) is 0 Å². The number of nitrogens with one attached hydrogen (secondary N) is 1. The second-order valence-electron chi connectivity index (χ2n) is 3.52. The third-order valence-corrected chi connectivity index (χ3v) is 3.39. The Balaban J connectivity index is 2.65. The van der Waals surface area contributed by atoms with Crippen molar-refractivity contribution in [1.29, 1.82) is 5.41 Å². The monoisotopic (exact) mass is 225 g/mol. The number of hydrogen-bond donors (Lipinski definition) is 2. The van der Waals surface area contributed by atoms with Crippen LogP contribution in [0.15, 0.2) is 17.5 Å². The largest absolute Gasteiger partial charge is 0.386 e. The molecule has 84 valence electrons. The van der Waals surface area contributed by atoms with E-state index in [1.807, 2.05) is 0 Å². The van der Waals surface area contributed by atoms with Crippen molar-refractivity contribution in [2.75, 3.05) is 6.54 Å². The Bertz CT molecular complexity index is 295. The molecule has 3 N–H and O–H groups in total. The Labute approximate surface area is 95.4 Å². The first-order valence-electron chi connectivity index (χ1n) is 5.29. The molecule has 0 aliphatic carbocycles. The molecule has 0 fully saturated rings. The molecule has 1 heterocycles. The summed E-state index contributed by atoms with van der Waals surface area (Å²) in [4.78, 5) is 3.57. The molecule has 0 saturated carbocycles. The van der Waals surface area contributed by atoms with Gasteiger partial charge in [0.05, 0.1) is 6.04 Å². The van der Waals surface area contributed by atoms with Gasteiger partial charge in [-0.25, -0.2) is 0 Å². The summed E-state index contributed by atoms with van der Waals surface area (Å²) in [6, 6.07) is 4.26. The average molecular weight is 225 g/mol. The van der Waals surface area contributed by atoms with Crippen molar-refractivity contribution >= 4 is 17.2 Å². The molecular formula is C11H19N3S. The van der Waals surface area contributed by atoms with Gasteiger partial charge in [-0.1, -0.05) is 19.9 Å². The van der Waals surface area contributed by atoms with E-state index in [2.05, 4.69) is 36.3 Å². The highest BCUT2D eigenvalue weighted by atomic mass is 32.1. The highest BCUT2D eigenvalue weighted by Gasteiger charge is 2.18. The van der Waals surface area contributed by atoms with Gasteiger partial charge in [-0.15, -0.1) is 11.3 Å². The van der Waals surface area contributed by atoms with Gasteiger partial charge in [0.15, 0.2) is 0 Å². The predicted molar refractivity (Wildman–Crippen MR) is 66.4 cm³/mol. The van der Waals surface area contributed by atoms with Crippen molar-refractivity contribution < 1.29 is 0 Å². The molecule has 15 heavy (non-hydrogen) atoms. The van der Waals surface area contributed by atoms with Gasteiger partial charge in [-0.05, 0) is 24.4 Å². The molecule has 1 aromatic rings. The van der Waals surface area contributed by atoms with Crippen LogP contribution in [0.2, 0.25) is 0 Å². The standard InChI is InChI=1S/C11H19N3S/c1-3-10(11(12)13)14(4-2)8-9-6-5-7-15-9/h5-7,10H,3-4,8H2,1-2H3,(H3,12,13). The maximum absolute atomic E-state index is 7.55. The van der Waals surface area contributed by atoms with Gasteiger partial charge in [0.25, 0.3) is 0 Å². The SMILES string of the molecule is CCC(C(=N)N)N(CC)Cc1cccs1. The summed E-state index contributed by atoms with van der Waals surface area (Å²) >= 11 is 1.75. The quantitative estimate of drug-likeness (QED) is 0.576. The topological polar surface area (TPSA) is 53.1 Å². The van der Waals surface area contributed by atoms with Gasteiger partial charge in [0, 0.05) is 11.4 Å². The summed E-state index contributed by atoms with van der Waals surface area (Å²) in [6.45, 7) is 6.00. The lowest BCUT2D eigenvalue weighted by atomic mass is 10.1. The lowest BCUT2D eigenvalue weighted by Gasteiger charge is -2.28. The van der Waals surface area contributed by atoms with E-state index in [1.165, 1.54) is 4.88 Å². The van der Waals surface area contributed by atoms with Crippen molar-refractivity contribution in [3.05, 3.63) is 22.4 Å². The van der Waals surface area contributed by atoms with Crippen LogP contribution in [-0.2, 0) is 6.54 Å². The molecule has 0 amide bonds. The van der Waals surface area contributed by atoms with Gasteiger partial charge in [0.1, 0.15) is 5.84 Å². The van der Waals surface area contributed by atoms with Crippen LogP contribution in [0.4, 0.5) is 0 Å². The van der Waals surface area contributed by atoms with Crippen molar-refractivity contribution in [2.24, 2.45) is 5.73 Å². The zero-order valence-electron chi connectivity index (χ0n) is 9.36. The lowest BCUT2D eigenvalue weighted by Crippen LogP contribution is -2.43. The lowest BCUT2D eigenvalue weighted by molar-refractivity contribution is 0.241. The molecule has 0 aliphatic heterocycles. The van der Waals surface area contributed by atoms with Crippen LogP contribution in [0.5, 0.6) is 0 Å². The molecule has 1 rings (SSSR count). The van der Waals surface area contributed by atoms with Crippen LogP contribution in [0.25, 0.3) is 0 Å². The van der Waals surface area contributed by atoms with E-state index in [0.29, 0.717) is 0 Å². The van der Waals surface area contributed by atoms with Crippen LogP contribution in [-0.4, -0.2) is 23.3 Å². The molecule has 1 unspecified atom stereocenters. The fraction of sp³-hybridized carbons (Fsp3) is 0.545. The second-order valence-corrected chi connectivity index (χ2v) is 4.55. The molecule has 3 nitrogen and oxygen atoms in total. The molecule has 0 aliphatic rings. The van der Waals surface area contributed by atoms with E-state index in [0.717, 1.165) is 19.5 Å². The molecule has 0 bridgehead atoms. The molecule has 0 spiro atoms. The fourth-order valence-corrected chi connectivity index (χ4v) is 2.45. The minimum atomic E-state index is 0.0806. The third kappa shape index (κ3) is 3.32. The number of rotatable bonds is 6. The highest BCUT2D eigenvalue weighted by Crippen LogP contribution is 2.14. The Morgan fingerprint density at radius 2 is 2.33 bits per heavy atom. The molecule has 1 aromatic heterocycles. The Morgan fingerprint density at radius 3 is 2.73 bits per heavy atom. The van der Waals surface area contributed by atoms with Crippen molar-refractivity contribution in [1.82, 2.24) is 4.90 Å². The minimum absolute atomic E-state index is 0.0806. The summed E-state index contributed by atoms with van der Waals surface area (Å²) < 4.78 is 0. The average Bonchev–Trinajstić information content (AvgIpc) is 2.69. The Morgan fingerprint density at radius 1 is 1.60 bits per heavy atom. The number of nitrogens with two attached hydrogens (primary N) is 1. The summed E-state index contributed by atoms with van der Waals surface area (Å²) in [6.07, 6.45) is 0.897. The van der Waals surface area contributed by atoms with Crippen LogP contribution in [0.3, 0.4) is 0 Å². The number of nitrogens with zero attached hydrogens (tertiary/aromatic N) is 1. The number of thiophene rings is 1. The van der Waals surface area contributed by atoms with Crippen molar-refractivity contribution in [3.8, 4) is 0 Å². The third-order valence-electron chi connectivity index (χ3n) is 2.53. The first-order chi connectivity index (χ1) is 7.19. The zero-order chi connectivity index (χ0) is 11.3. The maximum Gasteiger partial charge on any atom is 0.108 e. The first kappa shape index (κ1) is 12.2. The first-order valence-corrected chi connectivity index (χ1v) is 6.17. The van der Waals surface area contributed by atoms with Gasteiger partial charge in [-0.2, -0.15) is 0 Å². The van der Waals surface area contributed by atoms with Gasteiger partial charge >= 0.3 is 0 Å². The van der Waals surface area contributed by atoms with E-state index in [1.54, 1.807) is 11.3 Å². The Hall–Kier alpha value is -0.870. The normalized spacial score (nSPS) is 13.0. The van der Waals surface area contributed by atoms with Crippen LogP contribution in [0.1, 0.15) is 25.1 Å². The Kier molecular flexibility index (Phi) is 4.78. The second kappa shape index (κ2) is 5.88. The maximum atomic E-state index is 7.55. The van der Waals surface area contributed by atoms with E-state index >= 15 is 0 Å². The van der Waals surface area contributed by atoms with Gasteiger partial charge < -0.3 is 5.73 Å². The number of amidine groups is 1. The summed E-state index contributed by atoms with van der Waals surface area (Å²) in [7, 11) is 0. The molecule has 1 atom stereocenters. The van der Waals surface area contributed by atoms with Crippen LogP contribution in [0, 0.1) is 5.41 Å². The zero-order valence-corrected chi connectivity index (χ0v) is 10.2. The molecule has 0 saturated heterocycles. The van der Waals surface area contributed by atoms with Crippen LogP contribution < -0.4 is 5.73 Å². The van der Waals surface area contributed by atoms with Gasteiger partial charge in [-0.3, -0.25) is 10.3 Å². The molecular weight excluding hydrogens is 206 g/mol. The van der Waals surface area contributed by atoms with Crippen LogP contribution >= 0.6 is 11.3 Å². The van der Waals surface area contributed by atoms with E-state index in [4.69, 9.17) is 11.1 Å². The smallest absolute Gasteiger partial charge is 0.108 e. The van der Waals surface area contributed by atoms with E-state index in [9.17, 15) is 0 Å². The summed E-state index contributed by atoms with van der Waals surface area (Å²) in [5, 5.41) is 9.63. The van der Waals surface area contributed by atoms with Crippen molar-refractivity contribution in [3.63, 3.8) is 0 Å². The van der Waals surface area contributed by atoms with E-state index < -0.39 is 0 Å². The fourth-order valence-electron chi connectivity index (χ4n) is 1.72. The number of likely N-dealkylation sites (N-methyl/N-ethyl adjacent to an activating group) is 1. The molecule has 0 aromatic carbocycles. The van der Waals surface area contributed by atoms with E-state index in [-0.39, 0.29) is 11.9 Å². The highest BCUT2D eigenvalue weighted by molar-refractivity contribution is 7.09. The van der Waals surface area contributed by atoms with Crippen molar-refractivity contribution in [2.45, 2.75) is 32.9 Å².